The number of alkyl halides is 1. The highest BCUT2D eigenvalue weighted by molar-refractivity contribution is 6.31. The maximum Gasteiger partial charge on any atom is 0.0621 e. The molecular weight excluding hydrogens is 269 g/mol. The number of hydrogen-bond donors (Lipinski definition) is 0. The minimum atomic E-state index is 0.0415. The van der Waals surface area contributed by atoms with Gasteiger partial charge in [0.25, 0.3) is 0 Å². The molecule has 0 N–H and O–H groups in total. The van der Waals surface area contributed by atoms with Crippen LogP contribution in [0.2, 0.25) is 5.02 Å². The van der Waals surface area contributed by atoms with Crippen molar-refractivity contribution in [3.63, 3.8) is 0 Å². The topological polar surface area (TPSA) is 22.1 Å². The van der Waals surface area contributed by atoms with Crippen molar-refractivity contribution in [2.75, 3.05) is 0 Å². The average Bonchev–Trinajstić information content (AvgIpc) is 2.56. The van der Waals surface area contributed by atoms with Crippen molar-refractivity contribution >= 4 is 23.2 Å². The van der Waals surface area contributed by atoms with Crippen LogP contribution in [0.1, 0.15) is 26.3 Å². The van der Waals surface area contributed by atoms with Crippen LogP contribution < -0.4 is 0 Å². The molecule has 5 atom stereocenters. The lowest BCUT2D eigenvalue weighted by atomic mass is 9.84. The van der Waals surface area contributed by atoms with E-state index in [2.05, 4.69) is 25.8 Å². The van der Waals surface area contributed by atoms with E-state index in [9.17, 15) is 0 Å². The van der Waals surface area contributed by atoms with Crippen molar-refractivity contribution in [1.82, 2.24) is 4.98 Å². The molecule has 5 unspecified atom stereocenters. The van der Waals surface area contributed by atoms with Crippen LogP contribution in [0, 0.1) is 11.8 Å². The lowest BCUT2D eigenvalue weighted by molar-refractivity contribution is 0.0508. The molecule has 100 valence electrons. The Morgan fingerprint density at radius 2 is 2.06 bits per heavy atom. The molecular formula is C14H19Cl2NO. The molecule has 0 radical (unpaired) electrons. The Hall–Kier alpha value is -0.310. The van der Waals surface area contributed by atoms with Gasteiger partial charge in [-0.05, 0) is 37.8 Å². The first-order valence-electron chi connectivity index (χ1n) is 6.38. The molecule has 4 heteroatoms. The van der Waals surface area contributed by atoms with Gasteiger partial charge in [-0.2, -0.15) is 0 Å². The van der Waals surface area contributed by atoms with E-state index in [0.29, 0.717) is 16.9 Å². The molecule has 0 aromatic carbocycles. The van der Waals surface area contributed by atoms with Crippen molar-refractivity contribution in [2.45, 2.75) is 44.8 Å². The maximum absolute atomic E-state index is 6.59. The minimum Gasteiger partial charge on any atom is -0.375 e. The highest BCUT2D eigenvalue weighted by Gasteiger charge is 2.40. The summed E-state index contributed by atoms with van der Waals surface area (Å²) in [5.41, 5.74) is 1.06. The Labute approximate surface area is 119 Å². The second-order valence-electron chi connectivity index (χ2n) is 5.17. The predicted octanol–water partition coefficient (Wildman–Crippen LogP) is 3.94. The third kappa shape index (κ3) is 2.81. The van der Waals surface area contributed by atoms with Crippen LogP contribution in [0.4, 0.5) is 0 Å². The second-order valence-corrected chi connectivity index (χ2v) is 6.14. The van der Waals surface area contributed by atoms with Gasteiger partial charge in [0.1, 0.15) is 0 Å². The Morgan fingerprint density at radius 3 is 2.61 bits per heavy atom. The van der Waals surface area contributed by atoms with Crippen LogP contribution in [0.25, 0.3) is 0 Å². The van der Waals surface area contributed by atoms with Gasteiger partial charge in [0.15, 0.2) is 0 Å². The van der Waals surface area contributed by atoms with Gasteiger partial charge in [0.05, 0.1) is 17.2 Å². The Kier molecular flexibility index (Phi) is 4.52. The van der Waals surface area contributed by atoms with Gasteiger partial charge in [-0.1, -0.05) is 18.5 Å². The Bertz CT molecular complexity index is 413. The van der Waals surface area contributed by atoms with Crippen LogP contribution >= 0.6 is 23.2 Å². The zero-order valence-corrected chi connectivity index (χ0v) is 12.4. The summed E-state index contributed by atoms with van der Waals surface area (Å²) in [6.07, 6.45) is 4.67. The fourth-order valence-electron chi connectivity index (χ4n) is 2.83. The molecule has 0 bridgehead atoms. The molecule has 0 aliphatic carbocycles. The number of hydrogen-bond acceptors (Lipinski definition) is 2. The quantitative estimate of drug-likeness (QED) is 0.786. The molecule has 1 aliphatic heterocycles. The summed E-state index contributed by atoms with van der Waals surface area (Å²) < 4.78 is 5.85. The average molecular weight is 288 g/mol. The lowest BCUT2D eigenvalue weighted by Gasteiger charge is -2.24. The van der Waals surface area contributed by atoms with Gasteiger partial charge in [0, 0.05) is 23.7 Å². The third-order valence-electron chi connectivity index (χ3n) is 4.01. The van der Waals surface area contributed by atoms with Gasteiger partial charge in [-0.25, -0.2) is 0 Å². The van der Waals surface area contributed by atoms with Crippen LogP contribution in [0.3, 0.4) is 0 Å². The molecule has 0 saturated carbocycles. The minimum absolute atomic E-state index is 0.0415. The van der Waals surface area contributed by atoms with Crippen molar-refractivity contribution in [2.24, 2.45) is 11.8 Å². The van der Waals surface area contributed by atoms with Crippen LogP contribution in [0.15, 0.2) is 18.5 Å². The molecule has 2 nitrogen and oxygen atoms in total. The Balaban J connectivity index is 2.08. The fourth-order valence-corrected chi connectivity index (χ4v) is 3.63. The normalized spacial score (nSPS) is 33.6. The summed E-state index contributed by atoms with van der Waals surface area (Å²) in [5, 5.41) is 0.732. The molecule has 1 aromatic rings. The third-order valence-corrected chi connectivity index (χ3v) is 4.79. The largest absolute Gasteiger partial charge is 0.375 e. The van der Waals surface area contributed by atoms with Gasteiger partial charge in [-0.15, -0.1) is 11.6 Å². The van der Waals surface area contributed by atoms with Crippen molar-refractivity contribution < 1.29 is 4.74 Å². The van der Waals surface area contributed by atoms with E-state index in [1.54, 1.807) is 12.4 Å². The number of aromatic nitrogens is 1. The molecule has 18 heavy (non-hydrogen) atoms. The van der Waals surface area contributed by atoms with Crippen LogP contribution in [0.5, 0.6) is 0 Å². The van der Waals surface area contributed by atoms with E-state index in [1.165, 1.54) is 0 Å². The van der Waals surface area contributed by atoms with Crippen molar-refractivity contribution in [3.05, 3.63) is 29.0 Å². The molecule has 1 fully saturated rings. The molecule has 0 amide bonds. The van der Waals surface area contributed by atoms with Crippen molar-refractivity contribution in [3.8, 4) is 0 Å². The van der Waals surface area contributed by atoms with E-state index in [-0.39, 0.29) is 17.6 Å². The number of ether oxygens (including phenoxy) is 1. The number of pyridine rings is 1. The standard InChI is InChI=1S/C14H19Cl2NO/c1-8-9(2)18-10(3)14(8)12(15)6-11-4-5-17-7-13(11)16/h4-5,7-10,12,14H,6H2,1-3H3. The summed E-state index contributed by atoms with van der Waals surface area (Å²) in [7, 11) is 0. The van der Waals surface area contributed by atoms with Gasteiger partial charge in [-0.3, -0.25) is 4.98 Å². The SMILES string of the molecule is CC1OC(C)C(C(Cl)Cc2ccncc2Cl)C1C. The second kappa shape index (κ2) is 5.77. The smallest absolute Gasteiger partial charge is 0.0621 e. The highest BCUT2D eigenvalue weighted by Crippen LogP contribution is 2.38. The van der Waals surface area contributed by atoms with Crippen molar-refractivity contribution in [1.29, 1.82) is 0 Å². The summed E-state index contributed by atoms with van der Waals surface area (Å²) in [6.45, 7) is 6.43. The van der Waals surface area contributed by atoms with E-state index >= 15 is 0 Å². The van der Waals surface area contributed by atoms with E-state index < -0.39 is 0 Å². The summed E-state index contributed by atoms with van der Waals surface area (Å²) >= 11 is 12.7. The van der Waals surface area contributed by atoms with Gasteiger partial charge < -0.3 is 4.74 Å². The summed E-state index contributed by atoms with van der Waals surface area (Å²) in [6, 6.07) is 1.94. The highest BCUT2D eigenvalue weighted by atomic mass is 35.5. The lowest BCUT2D eigenvalue weighted by Crippen LogP contribution is -2.28. The van der Waals surface area contributed by atoms with E-state index in [4.69, 9.17) is 27.9 Å². The number of halogens is 2. The Morgan fingerprint density at radius 1 is 1.33 bits per heavy atom. The summed E-state index contributed by atoms with van der Waals surface area (Å²) in [5.74, 6) is 0.842. The monoisotopic (exact) mass is 287 g/mol. The van der Waals surface area contributed by atoms with E-state index in [1.807, 2.05) is 6.07 Å². The van der Waals surface area contributed by atoms with Gasteiger partial charge >= 0.3 is 0 Å². The van der Waals surface area contributed by atoms with Gasteiger partial charge in [0.2, 0.25) is 0 Å². The first-order chi connectivity index (χ1) is 8.50. The van der Waals surface area contributed by atoms with Crippen LogP contribution in [-0.2, 0) is 11.2 Å². The molecule has 1 saturated heterocycles. The fraction of sp³-hybridized carbons (Fsp3) is 0.643. The predicted molar refractivity (Wildman–Crippen MR) is 75.3 cm³/mol. The zero-order chi connectivity index (χ0) is 13.3. The molecule has 1 aromatic heterocycles. The molecule has 1 aliphatic rings. The number of rotatable bonds is 3. The maximum atomic E-state index is 6.59. The zero-order valence-electron chi connectivity index (χ0n) is 10.9. The first-order valence-corrected chi connectivity index (χ1v) is 7.20. The summed E-state index contributed by atoms with van der Waals surface area (Å²) in [4.78, 5) is 3.99. The number of nitrogens with zero attached hydrogens (tertiary/aromatic N) is 1. The van der Waals surface area contributed by atoms with E-state index in [0.717, 1.165) is 12.0 Å². The molecule has 0 spiro atoms. The van der Waals surface area contributed by atoms with Crippen LogP contribution in [-0.4, -0.2) is 22.6 Å². The first kappa shape index (κ1) is 14.1. The molecule has 2 rings (SSSR count). The molecule has 2 heterocycles.